The quantitative estimate of drug-likeness (QED) is 0.596. The summed E-state index contributed by atoms with van der Waals surface area (Å²) in [5, 5.41) is 0. The number of carbonyl (C=O) groups excluding carboxylic acids is 2. The topological polar surface area (TPSA) is 52.6 Å². The molecule has 0 aliphatic carbocycles. The fraction of sp³-hybridized carbons (Fsp3) is 0.467. The highest BCUT2D eigenvalue weighted by molar-refractivity contribution is 5.94. The molecule has 0 saturated heterocycles. The number of hydrogen-bond donors (Lipinski definition) is 0. The van der Waals surface area contributed by atoms with Crippen molar-refractivity contribution in [3.8, 4) is 0 Å². The van der Waals surface area contributed by atoms with E-state index in [0.29, 0.717) is 0 Å². The number of esters is 2. The average molecular weight is 318 g/mol. The van der Waals surface area contributed by atoms with Crippen molar-refractivity contribution in [3.63, 3.8) is 0 Å². The standard InChI is InChI=1S/C15H17F3O4/c1-3-12(13(19)21-4-2)14(20)22-9-10-6-5-7-11(8-10)15(16,17)18/h5-8,12H,3-4,9H2,1-2H3. The van der Waals surface area contributed by atoms with Crippen LogP contribution >= 0.6 is 0 Å². The largest absolute Gasteiger partial charge is 0.465 e. The van der Waals surface area contributed by atoms with Gasteiger partial charge in [0.15, 0.2) is 5.92 Å². The van der Waals surface area contributed by atoms with Gasteiger partial charge in [-0.1, -0.05) is 19.1 Å². The molecule has 4 nitrogen and oxygen atoms in total. The van der Waals surface area contributed by atoms with Gasteiger partial charge in [0, 0.05) is 0 Å². The first-order valence-electron chi connectivity index (χ1n) is 6.79. The number of carbonyl (C=O) groups is 2. The summed E-state index contributed by atoms with van der Waals surface area (Å²) >= 11 is 0. The third-order valence-corrected chi connectivity index (χ3v) is 2.90. The Kier molecular flexibility index (Phi) is 6.39. The van der Waals surface area contributed by atoms with Crippen LogP contribution in [0.1, 0.15) is 31.4 Å². The molecule has 0 saturated carbocycles. The van der Waals surface area contributed by atoms with Crippen LogP contribution in [0, 0.1) is 5.92 Å². The van der Waals surface area contributed by atoms with E-state index in [1.54, 1.807) is 13.8 Å². The highest BCUT2D eigenvalue weighted by Gasteiger charge is 2.31. The van der Waals surface area contributed by atoms with Gasteiger partial charge in [-0.3, -0.25) is 9.59 Å². The molecule has 0 fully saturated rings. The third-order valence-electron chi connectivity index (χ3n) is 2.90. The highest BCUT2D eigenvalue weighted by atomic mass is 19.4. The van der Waals surface area contributed by atoms with Gasteiger partial charge in [-0.15, -0.1) is 0 Å². The molecule has 122 valence electrons. The van der Waals surface area contributed by atoms with E-state index in [1.165, 1.54) is 12.1 Å². The van der Waals surface area contributed by atoms with Crippen LogP contribution in [-0.2, 0) is 31.8 Å². The molecule has 1 atom stereocenters. The zero-order valence-electron chi connectivity index (χ0n) is 12.3. The molecule has 1 rings (SSSR count). The molecular weight excluding hydrogens is 301 g/mol. The Morgan fingerprint density at radius 2 is 1.77 bits per heavy atom. The molecule has 7 heteroatoms. The second-order valence-corrected chi connectivity index (χ2v) is 4.52. The summed E-state index contributed by atoms with van der Waals surface area (Å²) in [7, 11) is 0. The number of ether oxygens (including phenoxy) is 2. The number of benzene rings is 1. The lowest BCUT2D eigenvalue weighted by Gasteiger charge is -2.13. The third kappa shape index (κ3) is 5.05. The van der Waals surface area contributed by atoms with Crippen LogP contribution in [0.25, 0.3) is 0 Å². The minimum Gasteiger partial charge on any atom is -0.465 e. The zero-order chi connectivity index (χ0) is 16.8. The second-order valence-electron chi connectivity index (χ2n) is 4.52. The van der Waals surface area contributed by atoms with Crippen molar-refractivity contribution >= 4 is 11.9 Å². The molecule has 22 heavy (non-hydrogen) atoms. The minimum absolute atomic E-state index is 0.135. The van der Waals surface area contributed by atoms with Gasteiger partial charge >= 0.3 is 18.1 Å². The van der Waals surface area contributed by atoms with Crippen molar-refractivity contribution in [1.29, 1.82) is 0 Å². The summed E-state index contributed by atoms with van der Waals surface area (Å²) in [5.74, 6) is -2.57. The number of hydrogen-bond acceptors (Lipinski definition) is 4. The van der Waals surface area contributed by atoms with Crippen molar-refractivity contribution in [2.45, 2.75) is 33.1 Å². The van der Waals surface area contributed by atoms with E-state index in [2.05, 4.69) is 0 Å². The van der Waals surface area contributed by atoms with Gasteiger partial charge in [0.2, 0.25) is 0 Å². The molecule has 0 aliphatic heterocycles. The summed E-state index contributed by atoms with van der Waals surface area (Å²) in [6.45, 7) is 3.03. The molecule has 0 bridgehead atoms. The van der Waals surface area contributed by atoms with E-state index >= 15 is 0 Å². The Labute approximate surface area is 126 Å². The predicted octanol–water partition coefficient (Wildman–Crippen LogP) is 3.34. The van der Waals surface area contributed by atoms with Crippen molar-refractivity contribution in [1.82, 2.24) is 0 Å². The summed E-state index contributed by atoms with van der Waals surface area (Å²) in [4.78, 5) is 23.3. The van der Waals surface area contributed by atoms with Crippen LogP contribution in [0.2, 0.25) is 0 Å². The molecule has 1 aromatic rings. The van der Waals surface area contributed by atoms with Crippen LogP contribution < -0.4 is 0 Å². The van der Waals surface area contributed by atoms with Crippen LogP contribution in [0.4, 0.5) is 13.2 Å². The van der Waals surface area contributed by atoms with E-state index < -0.39 is 29.6 Å². The molecule has 0 spiro atoms. The fourth-order valence-corrected chi connectivity index (χ4v) is 1.76. The Balaban J connectivity index is 2.69. The predicted molar refractivity (Wildman–Crippen MR) is 71.7 cm³/mol. The molecular formula is C15H17F3O4. The lowest BCUT2D eigenvalue weighted by molar-refractivity contribution is -0.162. The summed E-state index contributed by atoms with van der Waals surface area (Å²) in [6, 6.07) is 4.47. The second kappa shape index (κ2) is 7.82. The summed E-state index contributed by atoms with van der Waals surface area (Å²) in [6.07, 6.45) is -4.27. The van der Waals surface area contributed by atoms with Gasteiger partial charge in [0.1, 0.15) is 6.61 Å². The van der Waals surface area contributed by atoms with Crippen molar-refractivity contribution < 1.29 is 32.2 Å². The van der Waals surface area contributed by atoms with E-state index in [1.807, 2.05) is 0 Å². The van der Waals surface area contributed by atoms with Gasteiger partial charge in [-0.2, -0.15) is 13.2 Å². The lowest BCUT2D eigenvalue weighted by Crippen LogP contribution is -2.27. The van der Waals surface area contributed by atoms with Crippen LogP contribution in [0.15, 0.2) is 24.3 Å². The highest BCUT2D eigenvalue weighted by Crippen LogP contribution is 2.29. The lowest BCUT2D eigenvalue weighted by atomic mass is 10.1. The molecule has 0 N–H and O–H groups in total. The van der Waals surface area contributed by atoms with Crippen molar-refractivity contribution in [2.24, 2.45) is 5.92 Å². The van der Waals surface area contributed by atoms with E-state index in [0.717, 1.165) is 12.1 Å². The Morgan fingerprint density at radius 1 is 1.14 bits per heavy atom. The van der Waals surface area contributed by atoms with Crippen LogP contribution in [0.3, 0.4) is 0 Å². The molecule has 1 aromatic carbocycles. The zero-order valence-corrected chi connectivity index (χ0v) is 12.3. The van der Waals surface area contributed by atoms with E-state index in [9.17, 15) is 22.8 Å². The first kappa shape index (κ1) is 18.0. The molecule has 0 aromatic heterocycles. The Bertz CT molecular complexity index is 526. The molecule has 0 heterocycles. The van der Waals surface area contributed by atoms with Gasteiger partial charge in [0.05, 0.1) is 12.2 Å². The van der Waals surface area contributed by atoms with Crippen molar-refractivity contribution in [3.05, 3.63) is 35.4 Å². The van der Waals surface area contributed by atoms with Gasteiger partial charge < -0.3 is 9.47 Å². The molecule has 1 unspecified atom stereocenters. The minimum atomic E-state index is -4.46. The average Bonchev–Trinajstić information content (AvgIpc) is 2.45. The number of rotatable bonds is 6. The fourth-order valence-electron chi connectivity index (χ4n) is 1.76. The van der Waals surface area contributed by atoms with Crippen LogP contribution in [0.5, 0.6) is 0 Å². The van der Waals surface area contributed by atoms with Gasteiger partial charge in [-0.05, 0) is 31.0 Å². The first-order chi connectivity index (χ1) is 10.3. The molecule has 0 aliphatic rings. The summed E-state index contributed by atoms with van der Waals surface area (Å²) in [5.41, 5.74) is -0.625. The number of alkyl halides is 3. The van der Waals surface area contributed by atoms with Gasteiger partial charge in [-0.25, -0.2) is 0 Å². The summed E-state index contributed by atoms with van der Waals surface area (Å²) < 4.78 is 47.4. The van der Waals surface area contributed by atoms with E-state index in [-0.39, 0.29) is 25.2 Å². The maximum absolute atomic E-state index is 12.6. The van der Waals surface area contributed by atoms with Crippen LogP contribution in [-0.4, -0.2) is 18.5 Å². The SMILES string of the molecule is CCOC(=O)C(CC)C(=O)OCc1cccc(C(F)(F)F)c1. The maximum atomic E-state index is 12.6. The monoisotopic (exact) mass is 318 g/mol. The van der Waals surface area contributed by atoms with Crippen molar-refractivity contribution in [2.75, 3.05) is 6.61 Å². The maximum Gasteiger partial charge on any atom is 0.416 e. The molecule has 0 amide bonds. The molecule has 0 radical (unpaired) electrons. The van der Waals surface area contributed by atoms with Gasteiger partial charge in [0.25, 0.3) is 0 Å². The van der Waals surface area contributed by atoms with E-state index in [4.69, 9.17) is 9.47 Å². The number of halogens is 3. The normalized spacial score (nSPS) is 12.6. The Hall–Kier alpha value is -2.05. The first-order valence-corrected chi connectivity index (χ1v) is 6.79. The smallest absolute Gasteiger partial charge is 0.416 e. The Morgan fingerprint density at radius 3 is 2.32 bits per heavy atom.